The van der Waals surface area contributed by atoms with Crippen molar-refractivity contribution < 1.29 is 13.9 Å². The van der Waals surface area contributed by atoms with Gasteiger partial charge in [-0.15, -0.1) is 0 Å². The van der Waals surface area contributed by atoms with Crippen molar-refractivity contribution >= 4 is 5.95 Å². The van der Waals surface area contributed by atoms with E-state index in [0.29, 0.717) is 18.9 Å². The third-order valence-corrected chi connectivity index (χ3v) is 4.11. The molecule has 2 aromatic carbocycles. The molecule has 0 saturated heterocycles. The zero-order valence-corrected chi connectivity index (χ0v) is 15.1. The fourth-order valence-corrected chi connectivity index (χ4v) is 2.74. The monoisotopic (exact) mass is 355 g/mol. The van der Waals surface area contributed by atoms with Gasteiger partial charge in [-0.25, -0.2) is 9.37 Å². The second-order valence-electron chi connectivity index (χ2n) is 5.80. The van der Waals surface area contributed by atoms with Crippen molar-refractivity contribution in [2.45, 2.75) is 13.5 Å². The molecule has 136 valence electrons. The highest BCUT2D eigenvalue weighted by Gasteiger charge is 2.10. The first-order chi connectivity index (χ1) is 12.6. The zero-order valence-electron chi connectivity index (χ0n) is 15.1. The Hall–Kier alpha value is -3.02. The molecule has 5 nitrogen and oxygen atoms in total. The molecule has 0 unspecified atom stereocenters. The van der Waals surface area contributed by atoms with Gasteiger partial charge in [0, 0.05) is 19.2 Å². The van der Waals surface area contributed by atoms with E-state index >= 15 is 0 Å². The number of ether oxygens (including phenoxy) is 2. The van der Waals surface area contributed by atoms with Gasteiger partial charge in [-0.1, -0.05) is 6.07 Å². The number of benzene rings is 2. The second kappa shape index (κ2) is 7.91. The van der Waals surface area contributed by atoms with Gasteiger partial charge in [0.25, 0.3) is 0 Å². The van der Waals surface area contributed by atoms with Crippen LogP contribution in [0.4, 0.5) is 10.3 Å². The molecule has 0 fully saturated rings. The van der Waals surface area contributed by atoms with Crippen molar-refractivity contribution in [1.29, 1.82) is 0 Å². The molecule has 0 saturated carbocycles. The summed E-state index contributed by atoms with van der Waals surface area (Å²) in [5.74, 6) is 1.92. The number of nitrogens with zero attached hydrogens (tertiary/aromatic N) is 2. The molecule has 0 aliphatic carbocycles. The molecule has 6 heteroatoms. The van der Waals surface area contributed by atoms with Crippen LogP contribution in [-0.4, -0.2) is 23.3 Å². The summed E-state index contributed by atoms with van der Waals surface area (Å²) >= 11 is 0. The lowest BCUT2D eigenvalue weighted by atomic mass is 10.2. The van der Waals surface area contributed by atoms with Gasteiger partial charge < -0.3 is 19.4 Å². The van der Waals surface area contributed by atoms with Crippen molar-refractivity contribution in [2.75, 3.05) is 19.0 Å². The molecule has 0 aliphatic heterocycles. The Labute approximate surface area is 152 Å². The lowest BCUT2D eigenvalue weighted by Crippen LogP contribution is -2.06. The average Bonchev–Trinajstić information content (AvgIpc) is 3.02. The number of anilines is 1. The summed E-state index contributed by atoms with van der Waals surface area (Å²) < 4.78 is 26.0. The van der Waals surface area contributed by atoms with E-state index in [9.17, 15) is 4.39 Å². The number of rotatable bonds is 7. The van der Waals surface area contributed by atoms with Gasteiger partial charge in [-0.2, -0.15) is 0 Å². The Morgan fingerprint density at radius 3 is 2.58 bits per heavy atom. The normalized spacial score (nSPS) is 10.6. The Kier molecular flexibility index (Phi) is 5.41. The standard InChI is InChI=1S/C20H22FN3O2/c1-4-26-18-10-5-14(11-19(18)25-3)12-22-20-23-13-17(24(20)2)15-6-8-16(21)9-7-15/h5-11,13H,4,12H2,1-3H3,(H,22,23). The summed E-state index contributed by atoms with van der Waals surface area (Å²) in [6.07, 6.45) is 1.77. The van der Waals surface area contributed by atoms with Crippen LogP contribution in [0.1, 0.15) is 12.5 Å². The van der Waals surface area contributed by atoms with Crippen molar-refractivity contribution in [1.82, 2.24) is 9.55 Å². The molecule has 3 aromatic rings. The molecular formula is C20H22FN3O2. The number of aromatic nitrogens is 2. The van der Waals surface area contributed by atoms with Crippen LogP contribution in [-0.2, 0) is 13.6 Å². The lowest BCUT2D eigenvalue weighted by molar-refractivity contribution is 0.310. The van der Waals surface area contributed by atoms with Crippen LogP contribution in [0.5, 0.6) is 11.5 Å². The molecule has 0 bridgehead atoms. The van der Waals surface area contributed by atoms with Crippen LogP contribution in [0.3, 0.4) is 0 Å². The van der Waals surface area contributed by atoms with Crippen LogP contribution in [0, 0.1) is 5.82 Å². The summed E-state index contributed by atoms with van der Waals surface area (Å²) in [7, 11) is 3.55. The molecular weight excluding hydrogens is 333 g/mol. The van der Waals surface area contributed by atoms with E-state index in [1.165, 1.54) is 12.1 Å². The maximum atomic E-state index is 13.1. The van der Waals surface area contributed by atoms with Crippen LogP contribution >= 0.6 is 0 Å². The first-order valence-corrected chi connectivity index (χ1v) is 8.43. The molecule has 1 N–H and O–H groups in total. The Morgan fingerprint density at radius 1 is 1.12 bits per heavy atom. The predicted molar refractivity (Wildman–Crippen MR) is 100 cm³/mol. The summed E-state index contributed by atoms with van der Waals surface area (Å²) in [6.45, 7) is 3.12. The largest absolute Gasteiger partial charge is 0.493 e. The maximum Gasteiger partial charge on any atom is 0.203 e. The molecule has 0 atom stereocenters. The van der Waals surface area contributed by atoms with Crippen LogP contribution in [0.2, 0.25) is 0 Å². The third kappa shape index (κ3) is 3.79. The maximum absolute atomic E-state index is 13.1. The van der Waals surface area contributed by atoms with Gasteiger partial charge in [0.15, 0.2) is 11.5 Å². The fraction of sp³-hybridized carbons (Fsp3) is 0.250. The van der Waals surface area contributed by atoms with E-state index in [2.05, 4.69) is 10.3 Å². The molecule has 1 aromatic heterocycles. The van der Waals surface area contributed by atoms with Gasteiger partial charge in [-0.05, 0) is 48.9 Å². The Balaban J connectivity index is 1.73. The minimum atomic E-state index is -0.251. The molecule has 0 aliphatic rings. The number of hydrogen-bond donors (Lipinski definition) is 1. The number of methoxy groups -OCH3 is 1. The van der Waals surface area contributed by atoms with E-state index in [1.54, 1.807) is 25.4 Å². The third-order valence-electron chi connectivity index (χ3n) is 4.11. The average molecular weight is 355 g/mol. The van der Waals surface area contributed by atoms with Gasteiger partial charge in [0.1, 0.15) is 5.82 Å². The van der Waals surface area contributed by atoms with Gasteiger partial charge in [0.05, 0.1) is 25.6 Å². The van der Waals surface area contributed by atoms with Crippen molar-refractivity contribution in [3.8, 4) is 22.8 Å². The SMILES string of the molecule is CCOc1ccc(CNc2ncc(-c3ccc(F)cc3)n2C)cc1OC. The van der Waals surface area contributed by atoms with Crippen molar-refractivity contribution in [3.63, 3.8) is 0 Å². The Morgan fingerprint density at radius 2 is 1.88 bits per heavy atom. The number of hydrogen-bond acceptors (Lipinski definition) is 4. The van der Waals surface area contributed by atoms with Gasteiger partial charge in [0.2, 0.25) is 5.95 Å². The lowest BCUT2D eigenvalue weighted by Gasteiger charge is -2.12. The second-order valence-corrected chi connectivity index (χ2v) is 5.80. The van der Waals surface area contributed by atoms with Crippen LogP contribution < -0.4 is 14.8 Å². The first-order valence-electron chi connectivity index (χ1n) is 8.43. The molecule has 26 heavy (non-hydrogen) atoms. The minimum absolute atomic E-state index is 0.251. The van der Waals surface area contributed by atoms with E-state index in [0.717, 1.165) is 28.5 Å². The first kappa shape index (κ1) is 17.8. The Bertz CT molecular complexity index is 875. The fourth-order valence-electron chi connectivity index (χ4n) is 2.74. The number of nitrogens with one attached hydrogen (secondary N) is 1. The van der Waals surface area contributed by atoms with Crippen LogP contribution in [0.15, 0.2) is 48.7 Å². The predicted octanol–water partition coefficient (Wildman–Crippen LogP) is 4.25. The number of imidazole rings is 1. The highest BCUT2D eigenvalue weighted by atomic mass is 19.1. The molecule has 0 spiro atoms. The number of halogens is 1. The molecule has 1 heterocycles. The topological polar surface area (TPSA) is 48.3 Å². The minimum Gasteiger partial charge on any atom is -0.493 e. The van der Waals surface area contributed by atoms with E-state index in [-0.39, 0.29) is 5.82 Å². The summed E-state index contributed by atoms with van der Waals surface area (Å²) in [4.78, 5) is 4.42. The van der Waals surface area contributed by atoms with Crippen molar-refractivity contribution in [2.24, 2.45) is 7.05 Å². The van der Waals surface area contributed by atoms with Crippen molar-refractivity contribution in [3.05, 3.63) is 60.0 Å². The summed E-state index contributed by atoms with van der Waals surface area (Å²) in [5, 5.41) is 3.31. The van der Waals surface area contributed by atoms with Gasteiger partial charge >= 0.3 is 0 Å². The van der Waals surface area contributed by atoms with Gasteiger partial charge in [-0.3, -0.25) is 0 Å². The highest BCUT2D eigenvalue weighted by Crippen LogP contribution is 2.28. The molecule has 0 radical (unpaired) electrons. The van der Waals surface area contributed by atoms with E-state index < -0.39 is 0 Å². The van der Waals surface area contributed by atoms with Crippen LogP contribution in [0.25, 0.3) is 11.3 Å². The summed E-state index contributed by atoms with van der Waals surface area (Å²) in [6, 6.07) is 12.2. The summed E-state index contributed by atoms with van der Waals surface area (Å²) in [5.41, 5.74) is 2.88. The van der Waals surface area contributed by atoms with E-state index in [1.807, 2.05) is 36.7 Å². The highest BCUT2D eigenvalue weighted by molar-refractivity contribution is 5.61. The quantitative estimate of drug-likeness (QED) is 0.688. The molecule has 3 rings (SSSR count). The smallest absolute Gasteiger partial charge is 0.203 e. The zero-order chi connectivity index (χ0) is 18.5. The van der Waals surface area contributed by atoms with E-state index in [4.69, 9.17) is 9.47 Å². The molecule has 0 amide bonds.